The fraction of sp³-hybridized carbons (Fsp3) is 0.700. The summed E-state index contributed by atoms with van der Waals surface area (Å²) in [7, 11) is 0. The van der Waals surface area contributed by atoms with Crippen LogP contribution in [0.15, 0.2) is 0 Å². The van der Waals surface area contributed by atoms with E-state index in [0.717, 1.165) is 19.3 Å². The van der Waals surface area contributed by atoms with Crippen LogP contribution in [0.3, 0.4) is 0 Å². The van der Waals surface area contributed by atoms with Gasteiger partial charge in [-0.15, -0.1) is 0 Å². The predicted molar refractivity (Wildman–Crippen MR) is 57.3 cm³/mol. The number of aliphatic hydroxyl groups is 1. The van der Waals surface area contributed by atoms with Gasteiger partial charge in [-0.3, -0.25) is 14.8 Å². The van der Waals surface area contributed by atoms with Crippen LogP contribution in [-0.2, 0) is 0 Å². The third-order valence-corrected chi connectivity index (χ3v) is 3.23. The smallest absolute Gasteiger partial charge is 0.312 e. The van der Waals surface area contributed by atoms with E-state index in [-0.39, 0.29) is 11.7 Å². The Morgan fingerprint density at radius 1 is 1.50 bits per heavy atom. The number of rotatable bonds is 2. The molecule has 1 heterocycles. The first-order chi connectivity index (χ1) is 7.52. The quantitative estimate of drug-likeness (QED) is 0.610. The van der Waals surface area contributed by atoms with Crippen LogP contribution in [0.4, 0.5) is 5.69 Å². The van der Waals surface area contributed by atoms with Crippen molar-refractivity contribution in [2.24, 2.45) is 0 Å². The Morgan fingerprint density at radius 2 is 2.19 bits per heavy atom. The minimum absolute atomic E-state index is 0.0686. The van der Waals surface area contributed by atoms with Gasteiger partial charge in [-0.1, -0.05) is 0 Å². The molecule has 1 aromatic heterocycles. The van der Waals surface area contributed by atoms with E-state index in [2.05, 4.69) is 5.10 Å². The molecule has 1 aromatic rings. The maximum Gasteiger partial charge on any atom is 0.312 e. The van der Waals surface area contributed by atoms with Gasteiger partial charge in [0.25, 0.3) is 0 Å². The summed E-state index contributed by atoms with van der Waals surface area (Å²) < 4.78 is 1.62. The normalized spacial score (nSPS) is 24.9. The van der Waals surface area contributed by atoms with Crippen LogP contribution in [-0.4, -0.2) is 25.9 Å². The number of aryl methyl sites for hydroxylation is 1. The molecule has 0 aliphatic heterocycles. The van der Waals surface area contributed by atoms with Gasteiger partial charge in [0, 0.05) is 0 Å². The molecule has 16 heavy (non-hydrogen) atoms. The van der Waals surface area contributed by atoms with Crippen LogP contribution < -0.4 is 0 Å². The zero-order valence-corrected chi connectivity index (χ0v) is 9.38. The van der Waals surface area contributed by atoms with E-state index in [1.807, 2.05) is 0 Å². The molecule has 1 aliphatic carbocycles. The van der Waals surface area contributed by atoms with Gasteiger partial charge in [0.05, 0.1) is 17.1 Å². The summed E-state index contributed by atoms with van der Waals surface area (Å²) in [4.78, 5) is 10.4. The van der Waals surface area contributed by atoms with Crippen molar-refractivity contribution in [2.75, 3.05) is 0 Å². The van der Waals surface area contributed by atoms with Crippen molar-refractivity contribution in [3.8, 4) is 0 Å². The second-order valence-electron chi connectivity index (χ2n) is 4.29. The Labute approximate surface area is 93.0 Å². The van der Waals surface area contributed by atoms with E-state index in [4.69, 9.17) is 0 Å². The number of nitrogens with zero attached hydrogens (tertiary/aromatic N) is 3. The van der Waals surface area contributed by atoms with Crippen LogP contribution >= 0.6 is 0 Å². The summed E-state index contributed by atoms with van der Waals surface area (Å²) in [5.41, 5.74) is 1.02. The molecule has 6 nitrogen and oxygen atoms in total. The van der Waals surface area contributed by atoms with Gasteiger partial charge >= 0.3 is 5.69 Å². The average molecular weight is 225 g/mol. The van der Waals surface area contributed by atoms with Crippen LogP contribution in [0.25, 0.3) is 0 Å². The van der Waals surface area contributed by atoms with Crippen molar-refractivity contribution >= 4 is 5.69 Å². The van der Waals surface area contributed by atoms with Crippen LogP contribution in [0, 0.1) is 24.0 Å². The Kier molecular flexibility index (Phi) is 2.67. The molecular formula is C10H15N3O3. The fourth-order valence-electron chi connectivity index (χ4n) is 2.45. The third-order valence-electron chi connectivity index (χ3n) is 3.23. The molecule has 1 N–H and O–H groups in total. The van der Waals surface area contributed by atoms with E-state index < -0.39 is 11.0 Å². The molecule has 2 atom stereocenters. The topological polar surface area (TPSA) is 81.2 Å². The summed E-state index contributed by atoms with van der Waals surface area (Å²) in [6.07, 6.45) is 2.09. The lowest BCUT2D eigenvalue weighted by Crippen LogP contribution is -2.20. The summed E-state index contributed by atoms with van der Waals surface area (Å²) in [6, 6.07) is -0.104. The van der Waals surface area contributed by atoms with E-state index in [1.54, 1.807) is 18.5 Å². The number of nitro groups is 1. The first-order valence-electron chi connectivity index (χ1n) is 5.40. The average Bonchev–Trinajstić information content (AvgIpc) is 2.70. The van der Waals surface area contributed by atoms with E-state index in [0.29, 0.717) is 11.4 Å². The lowest BCUT2D eigenvalue weighted by Gasteiger charge is -2.16. The SMILES string of the molecule is Cc1nn(C2CCCC2O)c(C)c1[N+](=O)[O-]. The summed E-state index contributed by atoms with van der Waals surface area (Å²) in [5, 5.41) is 24.8. The van der Waals surface area contributed by atoms with Crippen molar-refractivity contribution in [2.45, 2.75) is 45.3 Å². The number of aromatic nitrogens is 2. The van der Waals surface area contributed by atoms with Crippen molar-refractivity contribution in [3.05, 3.63) is 21.5 Å². The Balaban J connectivity index is 2.42. The molecule has 0 aromatic carbocycles. The first-order valence-corrected chi connectivity index (χ1v) is 5.40. The summed E-state index contributed by atoms with van der Waals surface area (Å²) in [6.45, 7) is 3.31. The largest absolute Gasteiger partial charge is 0.391 e. The zero-order chi connectivity index (χ0) is 11.9. The molecule has 0 saturated heterocycles. The van der Waals surface area contributed by atoms with Gasteiger partial charge in [0.15, 0.2) is 0 Å². The fourth-order valence-corrected chi connectivity index (χ4v) is 2.45. The molecule has 0 spiro atoms. The maximum absolute atomic E-state index is 10.8. The molecule has 0 amide bonds. The number of hydrogen-bond acceptors (Lipinski definition) is 4. The van der Waals surface area contributed by atoms with Gasteiger partial charge in [0.1, 0.15) is 11.4 Å². The molecule has 0 bridgehead atoms. The Hall–Kier alpha value is -1.43. The highest BCUT2D eigenvalue weighted by atomic mass is 16.6. The Bertz CT molecular complexity index is 427. The van der Waals surface area contributed by atoms with Gasteiger partial charge in [-0.05, 0) is 33.1 Å². The monoisotopic (exact) mass is 225 g/mol. The lowest BCUT2D eigenvalue weighted by atomic mass is 10.2. The van der Waals surface area contributed by atoms with Gasteiger partial charge < -0.3 is 5.11 Å². The van der Waals surface area contributed by atoms with E-state index in [9.17, 15) is 15.2 Å². The minimum Gasteiger partial charge on any atom is -0.391 e. The molecular weight excluding hydrogens is 210 g/mol. The molecule has 1 aliphatic rings. The van der Waals surface area contributed by atoms with Crippen molar-refractivity contribution in [1.82, 2.24) is 9.78 Å². The van der Waals surface area contributed by atoms with Crippen LogP contribution in [0.1, 0.15) is 36.7 Å². The standard InChI is InChI=1S/C10H15N3O3/c1-6-10(13(15)16)7(2)12(11-6)8-4-3-5-9(8)14/h8-9,14H,3-5H2,1-2H3. The Morgan fingerprint density at radius 3 is 2.62 bits per heavy atom. The lowest BCUT2D eigenvalue weighted by molar-refractivity contribution is -0.386. The van der Waals surface area contributed by atoms with Gasteiger partial charge in [0.2, 0.25) is 0 Å². The molecule has 88 valence electrons. The van der Waals surface area contributed by atoms with Gasteiger partial charge in [-0.25, -0.2) is 0 Å². The molecule has 1 fully saturated rings. The maximum atomic E-state index is 10.8. The van der Waals surface area contributed by atoms with Crippen molar-refractivity contribution in [3.63, 3.8) is 0 Å². The minimum atomic E-state index is -0.433. The highest BCUT2D eigenvalue weighted by molar-refractivity contribution is 5.39. The first kappa shape index (κ1) is 11.1. The van der Waals surface area contributed by atoms with Crippen molar-refractivity contribution < 1.29 is 10.0 Å². The van der Waals surface area contributed by atoms with Crippen LogP contribution in [0.5, 0.6) is 0 Å². The second kappa shape index (κ2) is 3.86. The zero-order valence-electron chi connectivity index (χ0n) is 9.38. The molecule has 2 unspecified atom stereocenters. The molecule has 1 saturated carbocycles. The number of aliphatic hydroxyl groups excluding tert-OH is 1. The van der Waals surface area contributed by atoms with Gasteiger partial charge in [-0.2, -0.15) is 5.10 Å². The molecule has 2 rings (SSSR count). The highest BCUT2D eigenvalue weighted by Crippen LogP contribution is 2.33. The molecule has 6 heteroatoms. The van der Waals surface area contributed by atoms with E-state index >= 15 is 0 Å². The molecule has 0 radical (unpaired) electrons. The van der Waals surface area contributed by atoms with Crippen LogP contribution in [0.2, 0.25) is 0 Å². The third kappa shape index (κ3) is 1.59. The number of hydrogen-bond donors (Lipinski definition) is 1. The summed E-state index contributed by atoms with van der Waals surface area (Å²) >= 11 is 0. The summed E-state index contributed by atoms with van der Waals surface area (Å²) in [5.74, 6) is 0. The predicted octanol–water partition coefficient (Wildman–Crippen LogP) is 1.49. The second-order valence-corrected chi connectivity index (χ2v) is 4.29. The van der Waals surface area contributed by atoms with Crippen molar-refractivity contribution in [1.29, 1.82) is 0 Å². The van der Waals surface area contributed by atoms with E-state index in [1.165, 1.54) is 0 Å². The highest BCUT2D eigenvalue weighted by Gasteiger charge is 2.32.